The van der Waals surface area contributed by atoms with Gasteiger partial charge in [0.15, 0.2) is 0 Å². The molecule has 0 unspecified atom stereocenters. The number of aryl methyl sites for hydroxylation is 2. The van der Waals surface area contributed by atoms with Crippen molar-refractivity contribution in [3.8, 4) is 0 Å². The van der Waals surface area contributed by atoms with E-state index in [1.54, 1.807) is 12.1 Å². The van der Waals surface area contributed by atoms with Gasteiger partial charge in [0.05, 0.1) is 6.16 Å². The van der Waals surface area contributed by atoms with Gasteiger partial charge in [0, 0.05) is 23.5 Å². The Morgan fingerprint density at radius 3 is 1.08 bits per heavy atom. The van der Waals surface area contributed by atoms with E-state index in [2.05, 4.69) is 228 Å². The van der Waals surface area contributed by atoms with Crippen LogP contribution in [0.25, 0.3) is 0 Å². The van der Waals surface area contributed by atoms with Crippen LogP contribution in [0.5, 0.6) is 0 Å². The third-order valence-corrected chi connectivity index (χ3v) is 14.7. The van der Waals surface area contributed by atoms with Crippen molar-refractivity contribution in [1.82, 2.24) is 0 Å². The molecule has 0 fully saturated rings. The van der Waals surface area contributed by atoms with E-state index in [9.17, 15) is 4.79 Å². The summed E-state index contributed by atoms with van der Waals surface area (Å²) >= 11 is 13.9. The van der Waals surface area contributed by atoms with E-state index in [1.807, 2.05) is 12.1 Å². The summed E-state index contributed by atoms with van der Waals surface area (Å²) in [6, 6.07) is 66.0. The van der Waals surface area contributed by atoms with Crippen LogP contribution in [0.3, 0.4) is 0 Å². The SMILES string of the molecule is Br.Brc1cccc(CCc2cccc(Br)c2)c1.Brc1cccc(C[P+](c2ccccc2)(c2ccccc2)c2ccccc2)c1.O=Cc1cccc(Br)c1. The molecule has 268 valence electrons. The highest BCUT2D eigenvalue weighted by atomic mass is 79.9. The van der Waals surface area contributed by atoms with Crippen molar-refractivity contribution in [2.45, 2.75) is 19.0 Å². The molecule has 0 amide bonds. The van der Waals surface area contributed by atoms with Crippen LogP contribution in [0, 0.1) is 0 Å². The van der Waals surface area contributed by atoms with Crippen LogP contribution in [-0.2, 0) is 19.0 Å². The summed E-state index contributed by atoms with van der Waals surface area (Å²) in [6.45, 7) is 0. The van der Waals surface area contributed by atoms with Crippen LogP contribution >= 0.6 is 88.0 Å². The van der Waals surface area contributed by atoms with Gasteiger partial charge in [-0.2, -0.15) is 0 Å². The monoisotopic (exact) mass is 1030 g/mol. The number of halogens is 5. The maximum absolute atomic E-state index is 10.1. The fourth-order valence-corrected chi connectivity index (χ4v) is 11.9. The number of aldehydes is 1. The van der Waals surface area contributed by atoms with Gasteiger partial charge < -0.3 is 0 Å². The molecule has 0 heterocycles. The third kappa shape index (κ3) is 13.1. The Morgan fingerprint density at radius 1 is 0.396 bits per heavy atom. The fourth-order valence-electron chi connectivity index (χ4n) is 5.93. The lowest BCUT2D eigenvalue weighted by Gasteiger charge is -2.28. The van der Waals surface area contributed by atoms with E-state index in [4.69, 9.17) is 0 Å². The Balaban J connectivity index is 0.000000204. The first kappa shape index (κ1) is 42.8. The van der Waals surface area contributed by atoms with E-state index in [0.717, 1.165) is 43.2 Å². The zero-order valence-electron chi connectivity index (χ0n) is 28.9. The highest BCUT2D eigenvalue weighted by molar-refractivity contribution is 9.11. The maximum Gasteiger partial charge on any atom is 0.150 e. The number of rotatable bonds is 9. The van der Waals surface area contributed by atoms with Crippen LogP contribution in [-0.4, -0.2) is 6.29 Å². The molecule has 53 heavy (non-hydrogen) atoms. The largest absolute Gasteiger partial charge is 0.298 e. The number of hydrogen-bond donors (Lipinski definition) is 0. The molecular weight excluding hydrogens is 999 g/mol. The second-order valence-corrected chi connectivity index (χ2v) is 19.2. The van der Waals surface area contributed by atoms with Gasteiger partial charge in [0.2, 0.25) is 0 Å². The summed E-state index contributed by atoms with van der Waals surface area (Å²) in [5.41, 5.74) is 4.79. The molecule has 7 aromatic rings. The first-order valence-corrected chi connectivity index (χ1v) is 22.0. The van der Waals surface area contributed by atoms with Crippen molar-refractivity contribution in [3.63, 3.8) is 0 Å². The molecule has 0 N–H and O–H groups in total. The minimum absolute atomic E-state index is 0. The Hall–Kier alpha value is -2.96. The Kier molecular flexibility index (Phi) is 18.1. The topological polar surface area (TPSA) is 17.1 Å². The summed E-state index contributed by atoms with van der Waals surface area (Å²) < 4.78 is 4.37. The van der Waals surface area contributed by atoms with Crippen molar-refractivity contribution in [2.75, 3.05) is 0 Å². The lowest BCUT2D eigenvalue weighted by Crippen LogP contribution is -2.32. The molecule has 0 saturated heterocycles. The van der Waals surface area contributed by atoms with Gasteiger partial charge in [-0.05, 0) is 114 Å². The molecule has 0 saturated carbocycles. The quantitative estimate of drug-likeness (QED) is 0.104. The molecule has 0 bridgehead atoms. The number of carbonyl (C=O) groups excluding carboxylic acids is 1. The number of carbonyl (C=O) groups is 1. The van der Waals surface area contributed by atoms with Gasteiger partial charge in [0.1, 0.15) is 29.5 Å². The molecule has 0 aromatic heterocycles. The summed E-state index contributed by atoms with van der Waals surface area (Å²) in [4.78, 5) is 10.1. The van der Waals surface area contributed by atoms with Crippen LogP contribution in [0.15, 0.2) is 206 Å². The zero-order chi connectivity index (χ0) is 36.6. The van der Waals surface area contributed by atoms with Gasteiger partial charge in [-0.1, -0.05) is 167 Å². The highest BCUT2D eigenvalue weighted by Crippen LogP contribution is 2.58. The average molecular weight is 1040 g/mol. The Morgan fingerprint density at radius 2 is 0.736 bits per heavy atom. The molecule has 1 nitrogen and oxygen atoms in total. The molecule has 0 radical (unpaired) electrons. The standard InChI is InChI=1S/C25H21BrP.C14H12Br2.C7H5BrO.BrH/c26-22-12-10-11-21(19-22)20-27(23-13-4-1-5-14-23,24-15-6-2-7-16-24)25-17-8-3-9-18-25;15-13-5-1-3-11(9-13)7-8-12-4-2-6-14(16)10-12;8-7-3-1-2-6(4-7)5-9;/h1-19H,20H2;1-6,9-10H,7-8H2;1-5H;1H/q+1;;;. The van der Waals surface area contributed by atoms with Crippen molar-refractivity contribution in [2.24, 2.45) is 0 Å². The smallest absolute Gasteiger partial charge is 0.150 e. The Labute approximate surface area is 358 Å². The van der Waals surface area contributed by atoms with E-state index < -0.39 is 7.26 Å². The molecule has 0 aliphatic rings. The van der Waals surface area contributed by atoms with Gasteiger partial charge in [-0.25, -0.2) is 0 Å². The van der Waals surface area contributed by atoms with Crippen molar-refractivity contribution in [1.29, 1.82) is 0 Å². The normalized spacial score (nSPS) is 10.4. The predicted molar refractivity (Wildman–Crippen MR) is 249 cm³/mol. The molecule has 7 rings (SSSR count). The molecule has 7 aromatic carbocycles. The lowest BCUT2D eigenvalue weighted by atomic mass is 10.0. The second-order valence-electron chi connectivity index (χ2n) is 12.0. The van der Waals surface area contributed by atoms with E-state index in [1.165, 1.54) is 32.6 Å². The van der Waals surface area contributed by atoms with Gasteiger partial charge in [-0.3, -0.25) is 4.79 Å². The molecule has 0 atom stereocenters. The van der Waals surface area contributed by atoms with Gasteiger partial charge >= 0.3 is 0 Å². The highest BCUT2D eigenvalue weighted by Gasteiger charge is 2.45. The van der Waals surface area contributed by atoms with E-state index in [-0.39, 0.29) is 17.0 Å². The summed E-state index contributed by atoms with van der Waals surface area (Å²) in [7, 11) is -1.82. The third-order valence-electron chi connectivity index (χ3n) is 8.36. The van der Waals surface area contributed by atoms with Crippen molar-refractivity contribution < 1.29 is 4.79 Å². The van der Waals surface area contributed by atoms with Crippen LogP contribution in [0.1, 0.15) is 27.0 Å². The van der Waals surface area contributed by atoms with E-state index in [0.29, 0.717) is 5.56 Å². The molecule has 7 heteroatoms. The summed E-state index contributed by atoms with van der Waals surface area (Å²) in [5, 5.41) is 4.26. The number of hydrogen-bond acceptors (Lipinski definition) is 1. The molecule has 0 aliphatic heterocycles. The average Bonchev–Trinajstić information content (AvgIpc) is 3.18. The van der Waals surface area contributed by atoms with Crippen LogP contribution in [0.2, 0.25) is 0 Å². The molecule has 0 spiro atoms. The summed E-state index contributed by atoms with van der Waals surface area (Å²) in [6.07, 6.45) is 3.99. The maximum atomic E-state index is 10.1. The second kappa shape index (κ2) is 22.4. The minimum Gasteiger partial charge on any atom is -0.298 e. The van der Waals surface area contributed by atoms with Crippen molar-refractivity contribution >= 4 is 110 Å². The zero-order valence-corrected chi connectivity index (χ0v) is 37.8. The van der Waals surface area contributed by atoms with Gasteiger partial charge in [0.25, 0.3) is 0 Å². The van der Waals surface area contributed by atoms with Crippen molar-refractivity contribution in [3.05, 3.63) is 228 Å². The lowest BCUT2D eigenvalue weighted by molar-refractivity contribution is 0.112. The van der Waals surface area contributed by atoms with E-state index >= 15 is 0 Å². The first-order chi connectivity index (χ1) is 25.4. The minimum atomic E-state index is -1.82. The molecular formula is C46H39Br5OP+. The Bertz CT molecular complexity index is 2000. The summed E-state index contributed by atoms with van der Waals surface area (Å²) in [5.74, 6) is 0. The van der Waals surface area contributed by atoms with Crippen LogP contribution in [0.4, 0.5) is 0 Å². The van der Waals surface area contributed by atoms with Crippen LogP contribution < -0.4 is 15.9 Å². The van der Waals surface area contributed by atoms with Gasteiger partial charge in [-0.15, -0.1) is 17.0 Å². The molecule has 0 aliphatic carbocycles. The predicted octanol–water partition coefficient (Wildman–Crippen LogP) is 13.8. The fraction of sp³-hybridized carbons (Fsp3) is 0.0652. The first-order valence-electron chi connectivity index (χ1n) is 16.8. The number of benzene rings is 7.